The molecule has 0 bridgehead atoms. The van der Waals surface area contributed by atoms with Crippen LogP contribution in [0.4, 0.5) is 6.01 Å². The third-order valence-electron chi connectivity index (χ3n) is 4.87. The van der Waals surface area contributed by atoms with E-state index in [0.717, 1.165) is 37.4 Å². The van der Waals surface area contributed by atoms with E-state index in [1.165, 1.54) is 6.42 Å². The number of methoxy groups -OCH3 is 1. The van der Waals surface area contributed by atoms with Crippen molar-refractivity contribution in [3.05, 3.63) is 24.3 Å². The highest BCUT2D eigenvalue weighted by Gasteiger charge is 2.42. The van der Waals surface area contributed by atoms with E-state index in [4.69, 9.17) is 14.0 Å². The van der Waals surface area contributed by atoms with Crippen LogP contribution in [0.2, 0.25) is 0 Å². The average molecular weight is 330 g/mol. The van der Waals surface area contributed by atoms with Crippen molar-refractivity contribution in [2.75, 3.05) is 38.7 Å². The molecule has 1 aromatic carbocycles. The van der Waals surface area contributed by atoms with Gasteiger partial charge in [0.05, 0.1) is 19.8 Å². The van der Waals surface area contributed by atoms with E-state index in [9.17, 15) is 0 Å². The number of nitrogens with one attached hydrogen (secondary N) is 2. The maximum atomic E-state index is 5.92. The van der Waals surface area contributed by atoms with E-state index in [1.807, 2.05) is 24.3 Å². The highest BCUT2D eigenvalue weighted by molar-refractivity contribution is 5.56. The van der Waals surface area contributed by atoms with Gasteiger partial charge in [0, 0.05) is 24.1 Å². The van der Waals surface area contributed by atoms with Gasteiger partial charge in [0.1, 0.15) is 5.75 Å². The Hall–Kier alpha value is -2.12. The summed E-state index contributed by atoms with van der Waals surface area (Å²) >= 11 is 0. The largest absolute Gasteiger partial charge is 0.497 e. The van der Waals surface area contributed by atoms with Gasteiger partial charge in [-0.15, -0.1) is 0 Å². The van der Waals surface area contributed by atoms with Crippen LogP contribution in [0.1, 0.15) is 12.8 Å². The van der Waals surface area contributed by atoms with Gasteiger partial charge in [-0.3, -0.25) is 0 Å². The molecule has 0 aliphatic carbocycles. The monoisotopic (exact) mass is 330 g/mol. The number of rotatable bonds is 5. The van der Waals surface area contributed by atoms with Crippen LogP contribution in [0.3, 0.4) is 0 Å². The molecule has 1 spiro atoms. The maximum Gasteiger partial charge on any atom is 0.321 e. The molecule has 2 unspecified atom stereocenters. The summed E-state index contributed by atoms with van der Waals surface area (Å²) in [5, 5.41) is 10.6. The predicted molar refractivity (Wildman–Crippen MR) is 89.1 cm³/mol. The van der Waals surface area contributed by atoms with Gasteiger partial charge in [-0.25, -0.2) is 0 Å². The van der Waals surface area contributed by atoms with Gasteiger partial charge >= 0.3 is 6.01 Å². The van der Waals surface area contributed by atoms with E-state index in [1.54, 1.807) is 7.11 Å². The fourth-order valence-electron chi connectivity index (χ4n) is 3.47. The summed E-state index contributed by atoms with van der Waals surface area (Å²) in [5.74, 6) is 1.36. The lowest BCUT2D eigenvalue weighted by Gasteiger charge is -2.18. The Labute approximate surface area is 140 Å². The van der Waals surface area contributed by atoms with Crippen molar-refractivity contribution in [2.45, 2.75) is 18.9 Å². The van der Waals surface area contributed by atoms with Crippen molar-refractivity contribution in [3.8, 4) is 17.1 Å². The molecular weight excluding hydrogens is 308 g/mol. The second-order valence-electron chi connectivity index (χ2n) is 6.60. The summed E-state index contributed by atoms with van der Waals surface area (Å²) in [6.45, 7) is 3.68. The zero-order chi connectivity index (χ0) is 16.4. The standard InChI is InChI=1S/C17H22N4O3/c1-22-13-4-2-12(3-5-13)15-20-16(24-21-15)19-9-14-8-17(11-23-14)6-7-18-10-17/h2-5,14,18H,6-11H2,1H3,(H,19,20,21). The van der Waals surface area contributed by atoms with Crippen LogP contribution in [-0.4, -0.2) is 49.6 Å². The van der Waals surface area contributed by atoms with Crippen molar-refractivity contribution in [1.82, 2.24) is 15.5 Å². The van der Waals surface area contributed by atoms with Crippen molar-refractivity contribution in [2.24, 2.45) is 5.41 Å². The number of aromatic nitrogens is 2. The van der Waals surface area contributed by atoms with Crippen LogP contribution in [0.15, 0.2) is 28.8 Å². The van der Waals surface area contributed by atoms with Crippen LogP contribution in [0.5, 0.6) is 5.75 Å². The van der Waals surface area contributed by atoms with Crippen LogP contribution in [0, 0.1) is 5.41 Å². The SMILES string of the molecule is COc1ccc(-c2noc(NCC3CC4(CCNC4)CO3)n2)cc1. The fraction of sp³-hybridized carbons (Fsp3) is 0.529. The Balaban J connectivity index is 1.34. The second-order valence-corrected chi connectivity index (χ2v) is 6.60. The molecule has 2 fully saturated rings. The lowest BCUT2D eigenvalue weighted by atomic mass is 9.85. The number of ether oxygens (including phenoxy) is 2. The number of anilines is 1. The van der Waals surface area contributed by atoms with Crippen LogP contribution < -0.4 is 15.4 Å². The van der Waals surface area contributed by atoms with E-state index in [2.05, 4.69) is 20.8 Å². The summed E-state index contributed by atoms with van der Waals surface area (Å²) in [6, 6.07) is 7.99. The molecule has 7 nitrogen and oxygen atoms in total. The minimum absolute atomic E-state index is 0.196. The number of hydrogen-bond acceptors (Lipinski definition) is 7. The normalized spacial score (nSPS) is 26.1. The molecule has 4 rings (SSSR count). The van der Waals surface area contributed by atoms with Crippen molar-refractivity contribution in [1.29, 1.82) is 0 Å². The third kappa shape index (κ3) is 3.09. The Bertz CT molecular complexity index is 679. The van der Waals surface area contributed by atoms with E-state index < -0.39 is 0 Å². The second kappa shape index (κ2) is 6.41. The Kier molecular flexibility index (Phi) is 4.12. The van der Waals surface area contributed by atoms with Gasteiger partial charge in [-0.05, 0) is 43.7 Å². The van der Waals surface area contributed by atoms with E-state index in [0.29, 0.717) is 23.8 Å². The van der Waals surface area contributed by atoms with Gasteiger partial charge in [-0.2, -0.15) is 4.98 Å². The molecule has 1 aromatic heterocycles. The third-order valence-corrected chi connectivity index (χ3v) is 4.87. The summed E-state index contributed by atoms with van der Waals surface area (Å²) in [5.41, 5.74) is 1.22. The Morgan fingerprint density at radius 2 is 2.25 bits per heavy atom. The van der Waals surface area contributed by atoms with Crippen LogP contribution >= 0.6 is 0 Å². The summed E-state index contributed by atoms with van der Waals surface area (Å²) in [6.07, 6.45) is 2.47. The molecule has 0 amide bonds. The quantitative estimate of drug-likeness (QED) is 0.867. The molecule has 2 saturated heterocycles. The van der Waals surface area contributed by atoms with Crippen LogP contribution in [0.25, 0.3) is 11.4 Å². The number of hydrogen-bond donors (Lipinski definition) is 2. The van der Waals surface area contributed by atoms with Gasteiger partial charge in [0.2, 0.25) is 5.82 Å². The first-order valence-electron chi connectivity index (χ1n) is 8.31. The highest BCUT2D eigenvalue weighted by atomic mass is 16.5. The lowest BCUT2D eigenvalue weighted by molar-refractivity contribution is 0.105. The van der Waals surface area contributed by atoms with Crippen molar-refractivity contribution < 1.29 is 14.0 Å². The van der Waals surface area contributed by atoms with Crippen LogP contribution in [-0.2, 0) is 4.74 Å². The molecule has 24 heavy (non-hydrogen) atoms. The molecule has 7 heteroatoms. The zero-order valence-electron chi connectivity index (χ0n) is 13.7. The summed E-state index contributed by atoms with van der Waals surface area (Å²) in [4.78, 5) is 4.39. The van der Waals surface area contributed by atoms with Gasteiger partial charge in [-0.1, -0.05) is 5.16 Å². The molecule has 2 N–H and O–H groups in total. The molecule has 2 atom stereocenters. The molecule has 2 aromatic rings. The highest BCUT2D eigenvalue weighted by Crippen LogP contribution is 2.37. The first-order valence-corrected chi connectivity index (χ1v) is 8.31. The van der Waals surface area contributed by atoms with Gasteiger partial charge in [0.25, 0.3) is 0 Å². The topological polar surface area (TPSA) is 81.4 Å². The molecule has 2 aliphatic rings. The first-order chi connectivity index (χ1) is 11.8. The van der Waals surface area contributed by atoms with E-state index in [-0.39, 0.29) is 6.10 Å². The average Bonchev–Trinajstić information content (AvgIpc) is 3.36. The number of nitrogens with zero attached hydrogens (tertiary/aromatic N) is 2. The molecule has 128 valence electrons. The fourth-order valence-corrected chi connectivity index (χ4v) is 3.47. The molecule has 2 aliphatic heterocycles. The summed E-state index contributed by atoms with van der Waals surface area (Å²) < 4.78 is 16.4. The maximum absolute atomic E-state index is 5.92. The minimum atomic E-state index is 0.196. The zero-order valence-corrected chi connectivity index (χ0v) is 13.7. The molecule has 0 radical (unpaired) electrons. The Morgan fingerprint density at radius 1 is 1.38 bits per heavy atom. The predicted octanol–water partition coefficient (Wildman–Crippen LogP) is 1.93. The van der Waals surface area contributed by atoms with Crippen molar-refractivity contribution in [3.63, 3.8) is 0 Å². The van der Waals surface area contributed by atoms with Gasteiger partial charge in [0.15, 0.2) is 0 Å². The first kappa shape index (κ1) is 15.4. The summed E-state index contributed by atoms with van der Waals surface area (Å²) in [7, 11) is 1.64. The van der Waals surface area contributed by atoms with Crippen molar-refractivity contribution >= 4 is 6.01 Å². The van der Waals surface area contributed by atoms with E-state index >= 15 is 0 Å². The molecule has 0 saturated carbocycles. The minimum Gasteiger partial charge on any atom is -0.497 e. The molecule has 3 heterocycles. The smallest absolute Gasteiger partial charge is 0.321 e. The lowest BCUT2D eigenvalue weighted by Crippen LogP contribution is -2.25. The number of benzene rings is 1. The molecular formula is C17H22N4O3. The van der Waals surface area contributed by atoms with Gasteiger partial charge < -0.3 is 24.6 Å². The Morgan fingerprint density at radius 3 is 3.00 bits per heavy atom.